The fourth-order valence-electron chi connectivity index (χ4n) is 2.85. The van der Waals surface area contributed by atoms with Crippen LogP contribution in [-0.4, -0.2) is 41.4 Å². The third-order valence-corrected chi connectivity index (χ3v) is 5.05. The van der Waals surface area contributed by atoms with E-state index in [4.69, 9.17) is 9.26 Å². The zero-order valence-electron chi connectivity index (χ0n) is 14.7. The van der Waals surface area contributed by atoms with Crippen molar-refractivity contribution in [3.8, 4) is 0 Å². The van der Waals surface area contributed by atoms with E-state index in [-0.39, 0.29) is 33.7 Å². The molecule has 1 atom stereocenters. The van der Waals surface area contributed by atoms with E-state index in [0.29, 0.717) is 25.7 Å². The molecule has 1 saturated heterocycles. The molecule has 1 aliphatic heterocycles. The Morgan fingerprint density at radius 3 is 2.79 bits per heavy atom. The number of aliphatic hydroxyl groups excluding tert-OH is 1. The van der Waals surface area contributed by atoms with E-state index in [1.165, 1.54) is 30.3 Å². The van der Waals surface area contributed by atoms with E-state index in [1.54, 1.807) is 0 Å². The molecule has 1 aromatic heterocycles. The molecule has 0 aliphatic carbocycles. The number of benzene rings is 1. The average molecular weight is 416 g/mol. The second kappa shape index (κ2) is 8.97. The van der Waals surface area contributed by atoms with Crippen LogP contribution in [0.4, 0.5) is 13.2 Å². The summed E-state index contributed by atoms with van der Waals surface area (Å²) in [5.74, 6) is -0.121. The van der Waals surface area contributed by atoms with E-state index < -0.39 is 17.5 Å². The molecule has 0 saturated carbocycles. The van der Waals surface area contributed by atoms with Gasteiger partial charge in [0.2, 0.25) is 0 Å². The Balaban J connectivity index is 1.62. The predicted molar refractivity (Wildman–Crippen MR) is 94.8 cm³/mol. The quantitative estimate of drug-likeness (QED) is 0.701. The SMILES string of the molecule is O=C(NCC1CCOCC1)c1cc(C(O)c2cccc(SC(F)(F)F)c2)on1. The summed E-state index contributed by atoms with van der Waals surface area (Å²) in [6, 6.07) is 6.68. The summed E-state index contributed by atoms with van der Waals surface area (Å²) >= 11 is -0.273. The lowest BCUT2D eigenvalue weighted by atomic mass is 10.0. The van der Waals surface area contributed by atoms with Gasteiger partial charge in [-0.2, -0.15) is 13.2 Å². The molecule has 1 aliphatic rings. The van der Waals surface area contributed by atoms with Crippen molar-refractivity contribution < 1.29 is 32.3 Å². The van der Waals surface area contributed by atoms with Crippen molar-refractivity contribution in [1.82, 2.24) is 10.5 Å². The summed E-state index contributed by atoms with van der Waals surface area (Å²) < 4.78 is 47.8. The highest BCUT2D eigenvalue weighted by atomic mass is 32.2. The number of carbonyl (C=O) groups excluding carboxylic acids is 1. The van der Waals surface area contributed by atoms with Gasteiger partial charge in [-0.3, -0.25) is 4.79 Å². The smallest absolute Gasteiger partial charge is 0.381 e. The molecular weight excluding hydrogens is 397 g/mol. The van der Waals surface area contributed by atoms with Crippen molar-refractivity contribution >= 4 is 17.7 Å². The second-order valence-corrected chi connectivity index (χ2v) is 7.54. The fraction of sp³-hybridized carbons (Fsp3) is 0.444. The number of alkyl halides is 3. The number of thioether (sulfide) groups is 1. The average Bonchev–Trinajstić information content (AvgIpc) is 3.15. The van der Waals surface area contributed by atoms with Gasteiger partial charge in [-0.1, -0.05) is 17.3 Å². The molecule has 6 nitrogen and oxygen atoms in total. The zero-order chi connectivity index (χ0) is 20.1. The van der Waals surface area contributed by atoms with Crippen LogP contribution in [0.15, 0.2) is 39.8 Å². The van der Waals surface area contributed by atoms with Crippen LogP contribution < -0.4 is 5.32 Å². The van der Waals surface area contributed by atoms with Gasteiger partial charge < -0.3 is 19.7 Å². The maximum Gasteiger partial charge on any atom is 0.446 e. The number of hydrogen-bond acceptors (Lipinski definition) is 6. The Kier molecular flexibility index (Phi) is 6.63. The van der Waals surface area contributed by atoms with Gasteiger partial charge in [0.15, 0.2) is 11.5 Å². The highest BCUT2D eigenvalue weighted by Gasteiger charge is 2.29. The summed E-state index contributed by atoms with van der Waals surface area (Å²) in [5.41, 5.74) is -4.22. The highest BCUT2D eigenvalue weighted by molar-refractivity contribution is 8.00. The zero-order valence-corrected chi connectivity index (χ0v) is 15.6. The Morgan fingerprint density at radius 1 is 1.32 bits per heavy atom. The van der Waals surface area contributed by atoms with Gasteiger partial charge in [-0.15, -0.1) is 0 Å². The first-order valence-corrected chi connectivity index (χ1v) is 9.50. The molecule has 10 heteroatoms. The minimum absolute atomic E-state index is 0.00179. The summed E-state index contributed by atoms with van der Waals surface area (Å²) in [6.07, 6.45) is 0.406. The van der Waals surface area contributed by atoms with Crippen LogP contribution in [-0.2, 0) is 4.74 Å². The number of nitrogens with zero attached hydrogens (tertiary/aromatic N) is 1. The molecule has 1 amide bonds. The maximum absolute atomic E-state index is 12.5. The Morgan fingerprint density at radius 2 is 2.07 bits per heavy atom. The van der Waals surface area contributed by atoms with Crippen LogP contribution in [0.5, 0.6) is 0 Å². The Bertz CT molecular complexity index is 806. The highest BCUT2D eigenvalue weighted by Crippen LogP contribution is 2.38. The van der Waals surface area contributed by atoms with Crippen molar-refractivity contribution in [2.45, 2.75) is 29.3 Å². The topological polar surface area (TPSA) is 84.6 Å². The summed E-state index contributed by atoms with van der Waals surface area (Å²) in [5, 5.41) is 16.8. The fourth-order valence-corrected chi connectivity index (χ4v) is 3.46. The van der Waals surface area contributed by atoms with Crippen LogP contribution in [0.3, 0.4) is 0 Å². The van der Waals surface area contributed by atoms with Gasteiger partial charge in [0.25, 0.3) is 5.91 Å². The molecule has 0 bridgehead atoms. The number of amides is 1. The molecular formula is C18H19F3N2O4S. The van der Waals surface area contributed by atoms with Crippen molar-refractivity contribution in [3.05, 3.63) is 47.3 Å². The number of carbonyl (C=O) groups is 1. The summed E-state index contributed by atoms with van der Waals surface area (Å²) in [4.78, 5) is 12.1. The number of nitrogens with one attached hydrogen (secondary N) is 1. The lowest BCUT2D eigenvalue weighted by Gasteiger charge is -2.21. The number of hydrogen-bond donors (Lipinski definition) is 2. The van der Waals surface area contributed by atoms with Crippen molar-refractivity contribution in [2.24, 2.45) is 5.92 Å². The van der Waals surface area contributed by atoms with Crippen LogP contribution in [0.1, 0.15) is 40.8 Å². The summed E-state index contributed by atoms with van der Waals surface area (Å²) in [7, 11) is 0. The largest absolute Gasteiger partial charge is 0.446 e. The second-order valence-electron chi connectivity index (χ2n) is 6.40. The number of aliphatic hydroxyl groups is 1. The predicted octanol–water partition coefficient (Wildman–Crippen LogP) is 3.52. The summed E-state index contributed by atoms with van der Waals surface area (Å²) in [6.45, 7) is 1.84. The minimum atomic E-state index is -4.43. The van der Waals surface area contributed by atoms with Gasteiger partial charge in [0, 0.05) is 30.7 Å². The molecule has 2 N–H and O–H groups in total. The lowest BCUT2D eigenvalue weighted by Crippen LogP contribution is -2.32. The Hall–Kier alpha value is -2.04. The van der Waals surface area contributed by atoms with Crippen molar-refractivity contribution in [2.75, 3.05) is 19.8 Å². The number of rotatable bonds is 6. The van der Waals surface area contributed by atoms with E-state index >= 15 is 0 Å². The molecule has 2 heterocycles. The van der Waals surface area contributed by atoms with E-state index in [2.05, 4.69) is 10.5 Å². The molecule has 3 rings (SSSR count). The lowest BCUT2D eigenvalue weighted by molar-refractivity contribution is -0.0328. The third-order valence-electron chi connectivity index (χ3n) is 4.33. The van der Waals surface area contributed by atoms with E-state index in [1.807, 2.05) is 0 Å². The van der Waals surface area contributed by atoms with Crippen LogP contribution in [0.2, 0.25) is 0 Å². The van der Waals surface area contributed by atoms with Gasteiger partial charge >= 0.3 is 5.51 Å². The first-order valence-electron chi connectivity index (χ1n) is 8.68. The first-order chi connectivity index (χ1) is 13.3. The van der Waals surface area contributed by atoms with E-state index in [0.717, 1.165) is 12.8 Å². The standard InChI is InChI=1S/C18H19F3N2O4S/c19-18(20,21)28-13-3-1-2-12(8-13)16(24)15-9-14(23-27-15)17(25)22-10-11-4-6-26-7-5-11/h1-3,8-9,11,16,24H,4-7,10H2,(H,22,25). The Labute approximate surface area is 163 Å². The van der Waals surface area contributed by atoms with Crippen LogP contribution >= 0.6 is 11.8 Å². The molecule has 2 aromatic rings. The van der Waals surface area contributed by atoms with Crippen molar-refractivity contribution in [3.63, 3.8) is 0 Å². The third kappa shape index (κ3) is 5.73. The monoisotopic (exact) mass is 416 g/mol. The molecule has 1 aromatic carbocycles. The normalized spacial score (nSPS) is 16.7. The molecule has 1 unspecified atom stereocenters. The molecule has 152 valence electrons. The van der Waals surface area contributed by atoms with Crippen LogP contribution in [0, 0.1) is 5.92 Å². The number of halogens is 3. The van der Waals surface area contributed by atoms with E-state index in [9.17, 15) is 23.1 Å². The number of ether oxygens (including phenoxy) is 1. The molecule has 28 heavy (non-hydrogen) atoms. The molecule has 0 spiro atoms. The first kappa shape index (κ1) is 20.7. The number of aromatic nitrogens is 1. The molecule has 1 fully saturated rings. The van der Waals surface area contributed by atoms with Gasteiger partial charge in [0.1, 0.15) is 6.10 Å². The van der Waals surface area contributed by atoms with Gasteiger partial charge in [0.05, 0.1) is 0 Å². The molecule has 0 radical (unpaired) electrons. The van der Waals surface area contributed by atoms with Crippen LogP contribution in [0.25, 0.3) is 0 Å². The maximum atomic E-state index is 12.5. The minimum Gasteiger partial charge on any atom is -0.381 e. The van der Waals surface area contributed by atoms with Gasteiger partial charge in [-0.05, 0) is 48.2 Å². The van der Waals surface area contributed by atoms with Gasteiger partial charge in [-0.25, -0.2) is 0 Å². The van der Waals surface area contributed by atoms with Crippen molar-refractivity contribution in [1.29, 1.82) is 0 Å².